The summed E-state index contributed by atoms with van der Waals surface area (Å²) >= 11 is 0. The molecule has 20 heavy (non-hydrogen) atoms. The van der Waals surface area contributed by atoms with Crippen LogP contribution in [0.5, 0.6) is 0 Å². The molecule has 104 valence electrons. The Morgan fingerprint density at radius 1 is 1.10 bits per heavy atom. The molecule has 0 aliphatic carbocycles. The highest BCUT2D eigenvalue weighted by Crippen LogP contribution is 2.19. The minimum absolute atomic E-state index is 0.116. The zero-order valence-corrected chi connectivity index (χ0v) is 11.8. The van der Waals surface area contributed by atoms with Crippen molar-refractivity contribution in [3.63, 3.8) is 0 Å². The zero-order chi connectivity index (χ0) is 14.5. The van der Waals surface area contributed by atoms with Gasteiger partial charge in [-0.2, -0.15) is 0 Å². The summed E-state index contributed by atoms with van der Waals surface area (Å²) in [4.78, 5) is 14.3. The summed E-state index contributed by atoms with van der Waals surface area (Å²) in [5.41, 5.74) is 8.90. The van der Waals surface area contributed by atoms with Crippen molar-refractivity contribution in [3.8, 4) is 0 Å². The molecular weight excluding hydrogens is 250 g/mol. The van der Waals surface area contributed by atoms with Gasteiger partial charge in [0.1, 0.15) is 0 Å². The first-order chi connectivity index (χ1) is 9.61. The molecule has 2 aromatic rings. The normalized spacial score (nSPS) is 10.2. The van der Waals surface area contributed by atoms with E-state index in [1.807, 2.05) is 67.5 Å². The van der Waals surface area contributed by atoms with E-state index in [4.69, 9.17) is 5.73 Å². The lowest BCUT2D eigenvalue weighted by molar-refractivity contribution is 0.102. The smallest absolute Gasteiger partial charge is 0.257 e. The minimum Gasteiger partial charge on any atom is -0.377 e. The molecule has 3 N–H and O–H groups in total. The molecular formula is C16H19N3O. The van der Waals surface area contributed by atoms with Crippen molar-refractivity contribution in [2.24, 2.45) is 5.73 Å². The summed E-state index contributed by atoms with van der Waals surface area (Å²) in [5, 5.41) is 2.90. The summed E-state index contributed by atoms with van der Waals surface area (Å²) in [7, 11) is 3.84. The Kier molecular flexibility index (Phi) is 4.38. The maximum absolute atomic E-state index is 12.3. The molecule has 2 aromatic carbocycles. The molecule has 0 aromatic heterocycles. The first kappa shape index (κ1) is 14.1. The summed E-state index contributed by atoms with van der Waals surface area (Å²) < 4.78 is 0. The molecule has 4 heteroatoms. The molecule has 0 atom stereocenters. The maximum atomic E-state index is 12.3. The highest BCUT2D eigenvalue weighted by Gasteiger charge is 2.12. The Bertz CT molecular complexity index is 591. The van der Waals surface area contributed by atoms with Crippen LogP contribution in [0.15, 0.2) is 48.5 Å². The third kappa shape index (κ3) is 3.16. The summed E-state index contributed by atoms with van der Waals surface area (Å²) in [5.74, 6) is -0.116. The summed E-state index contributed by atoms with van der Waals surface area (Å²) in [6, 6.07) is 15.1. The molecule has 0 heterocycles. The van der Waals surface area contributed by atoms with Crippen molar-refractivity contribution >= 4 is 17.3 Å². The van der Waals surface area contributed by atoms with Crippen LogP contribution in [0.4, 0.5) is 11.4 Å². The molecule has 0 saturated carbocycles. The SMILES string of the molecule is CN(C)c1ccccc1C(=O)Nc1ccc(CN)cc1. The van der Waals surface area contributed by atoms with Crippen LogP contribution in [0.25, 0.3) is 0 Å². The number of anilines is 2. The number of carbonyl (C=O) groups excluding carboxylic acids is 1. The van der Waals surface area contributed by atoms with Crippen molar-refractivity contribution in [2.45, 2.75) is 6.54 Å². The van der Waals surface area contributed by atoms with Gasteiger partial charge in [-0.15, -0.1) is 0 Å². The Labute approximate surface area is 119 Å². The Balaban J connectivity index is 2.19. The van der Waals surface area contributed by atoms with Crippen LogP contribution in [0, 0.1) is 0 Å². The van der Waals surface area contributed by atoms with E-state index in [9.17, 15) is 4.79 Å². The van der Waals surface area contributed by atoms with Crippen LogP contribution in [0.2, 0.25) is 0 Å². The third-order valence-corrected chi connectivity index (χ3v) is 3.08. The third-order valence-electron chi connectivity index (χ3n) is 3.08. The fourth-order valence-electron chi connectivity index (χ4n) is 1.98. The van der Waals surface area contributed by atoms with E-state index in [0.29, 0.717) is 12.1 Å². The average Bonchev–Trinajstić information content (AvgIpc) is 2.48. The van der Waals surface area contributed by atoms with Gasteiger partial charge < -0.3 is 16.0 Å². The lowest BCUT2D eigenvalue weighted by Gasteiger charge is -2.17. The molecule has 0 aliphatic rings. The highest BCUT2D eigenvalue weighted by atomic mass is 16.1. The summed E-state index contributed by atoms with van der Waals surface area (Å²) in [6.07, 6.45) is 0. The average molecular weight is 269 g/mol. The fourth-order valence-corrected chi connectivity index (χ4v) is 1.98. The van der Waals surface area contributed by atoms with E-state index < -0.39 is 0 Å². The number of carbonyl (C=O) groups is 1. The molecule has 0 saturated heterocycles. The van der Waals surface area contributed by atoms with Gasteiger partial charge in [0, 0.05) is 32.0 Å². The van der Waals surface area contributed by atoms with Crippen LogP contribution in [0.3, 0.4) is 0 Å². The first-order valence-corrected chi connectivity index (χ1v) is 6.48. The topological polar surface area (TPSA) is 58.4 Å². The largest absolute Gasteiger partial charge is 0.377 e. The van der Waals surface area contributed by atoms with Crippen molar-refractivity contribution in [2.75, 3.05) is 24.3 Å². The molecule has 4 nitrogen and oxygen atoms in total. The predicted octanol–water partition coefficient (Wildman–Crippen LogP) is 2.46. The fraction of sp³-hybridized carbons (Fsp3) is 0.188. The molecule has 2 rings (SSSR count). The summed E-state index contributed by atoms with van der Waals surface area (Å²) in [6.45, 7) is 0.498. The van der Waals surface area contributed by atoms with Gasteiger partial charge in [-0.25, -0.2) is 0 Å². The van der Waals surface area contributed by atoms with E-state index in [1.54, 1.807) is 0 Å². The number of hydrogen-bond acceptors (Lipinski definition) is 3. The number of para-hydroxylation sites is 1. The second kappa shape index (κ2) is 6.21. The van der Waals surface area contributed by atoms with Crippen LogP contribution in [0.1, 0.15) is 15.9 Å². The van der Waals surface area contributed by atoms with E-state index in [1.165, 1.54) is 0 Å². The van der Waals surface area contributed by atoms with Gasteiger partial charge >= 0.3 is 0 Å². The Morgan fingerprint density at radius 3 is 2.35 bits per heavy atom. The second-order valence-electron chi connectivity index (χ2n) is 4.77. The predicted molar refractivity (Wildman–Crippen MR) is 83.1 cm³/mol. The van der Waals surface area contributed by atoms with Crippen LogP contribution in [-0.4, -0.2) is 20.0 Å². The highest BCUT2D eigenvalue weighted by molar-refractivity contribution is 6.08. The molecule has 0 spiro atoms. The molecule has 0 bridgehead atoms. The molecule has 0 unspecified atom stereocenters. The lowest BCUT2D eigenvalue weighted by atomic mass is 10.1. The second-order valence-corrected chi connectivity index (χ2v) is 4.77. The Morgan fingerprint density at radius 2 is 1.75 bits per heavy atom. The van der Waals surface area contributed by atoms with Gasteiger partial charge in [0.2, 0.25) is 0 Å². The van der Waals surface area contributed by atoms with Crippen molar-refractivity contribution < 1.29 is 4.79 Å². The monoisotopic (exact) mass is 269 g/mol. The van der Waals surface area contributed by atoms with Crippen molar-refractivity contribution in [1.29, 1.82) is 0 Å². The Hall–Kier alpha value is -2.33. The van der Waals surface area contributed by atoms with E-state index >= 15 is 0 Å². The van der Waals surface area contributed by atoms with Gasteiger partial charge in [0.25, 0.3) is 5.91 Å². The van der Waals surface area contributed by atoms with Gasteiger partial charge in [0.15, 0.2) is 0 Å². The number of benzene rings is 2. The van der Waals surface area contributed by atoms with Crippen LogP contribution >= 0.6 is 0 Å². The number of nitrogens with zero attached hydrogens (tertiary/aromatic N) is 1. The molecule has 1 amide bonds. The number of nitrogens with one attached hydrogen (secondary N) is 1. The zero-order valence-electron chi connectivity index (χ0n) is 11.8. The molecule has 0 fully saturated rings. The van der Waals surface area contributed by atoms with Gasteiger partial charge in [-0.05, 0) is 29.8 Å². The van der Waals surface area contributed by atoms with E-state index in [0.717, 1.165) is 16.9 Å². The van der Waals surface area contributed by atoms with Gasteiger partial charge in [-0.1, -0.05) is 24.3 Å². The van der Waals surface area contributed by atoms with Crippen molar-refractivity contribution in [1.82, 2.24) is 0 Å². The first-order valence-electron chi connectivity index (χ1n) is 6.48. The molecule has 0 radical (unpaired) electrons. The number of hydrogen-bond donors (Lipinski definition) is 2. The van der Waals surface area contributed by atoms with Crippen LogP contribution in [-0.2, 0) is 6.54 Å². The lowest BCUT2D eigenvalue weighted by Crippen LogP contribution is -2.18. The van der Waals surface area contributed by atoms with Gasteiger partial charge in [0.05, 0.1) is 5.56 Å². The van der Waals surface area contributed by atoms with Crippen molar-refractivity contribution in [3.05, 3.63) is 59.7 Å². The number of amides is 1. The quantitative estimate of drug-likeness (QED) is 0.896. The van der Waals surface area contributed by atoms with Crippen LogP contribution < -0.4 is 16.0 Å². The number of rotatable bonds is 4. The van der Waals surface area contributed by atoms with E-state index in [-0.39, 0.29) is 5.91 Å². The minimum atomic E-state index is -0.116. The van der Waals surface area contributed by atoms with Gasteiger partial charge in [-0.3, -0.25) is 4.79 Å². The standard InChI is InChI=1S/C16H19N3O/c1-19(2)15-6-4-3-5-14(15)16(20)18-13-9-7-12(11-17)8-10-13/h3-10H,11,17H2,1-2H3,(H,18,20). The van der Waals surface area contributed by atoms with E-state index in [2.05, 4.69) is 5.32 Å². The molecule has 0 aliphatic heterocycles. The maximum Gasteiger partial charge on any atom is 0.257 e. The number of nitrogens with two attached hydrogens (primary N) is 1.